The van der Waals surface area contributed by atoms with Crippen LogP contribution in [0, 0.1) is 6.92 Å². The number of aryl methyl sites for hydroxylation is 1. The van der Waals surface area contributed by atoms with Crippen molar-refractivity contribution >= 4 is 10.9 Å². The molecule has 0 radical (unpaired) electrons. The zero-order chi connectivity index (χ0) is 15.5. The molecule has 2 heterocycles. The van der Waals surface area contributed by atoms with Crippen molar-refractivity contribution < 1.29 is 4.57 Å². The molecule has 1 atom stereocenters. The molecule has 1 aliphatic rings. The van der Waals surface area contributed by atoms with E-state index in [1.54, 1.807) is 0 Å². The largest absolute Gasteiger partial charge is 0.213 e. The third-order valence-corrected chi connectivity index (χ3v) is 5.56. The molecule has 1 aliphatic heterocycles. The van der Waals surface area contributed by atoms with E-state index in [1.807, 2.05) is 0 Å². The minimum absolute atomic E-state index is 0.117. The number of hydrogen-bond donors (Lipinski definition) is 0. The first-order valence-electron chi connectivity index (χ1n) is 8.05. The fourth-order valence-electron chi connectivity index (χ4n) is 3.92. The van der Waals surface area contributed by atoms with E-state index in [0.717, 1.165) is 0 Å². The summed E-state index contributed by atoms with van der Waals surface area (Å²) in [5, 5.41) is 1.35. The number of aromatic nitrogens is 1. The Kier molecular flexibility index (Phi) is 2.72. The van der Waals surface area contributed by atoms with Gasteiger partial charge in [-0.05, 0) is 51.0 Å². The molecular formula is C21H22N+. The van der Waals surface area contributed by atoms with Crippen molar-refractivity contribution in [1.29, 1.82) is 0 Å². The average molecular weight is 288 g/mol. The van der Waals surface area contributed by atoms with Gasteiger partial charge in [-0.25, -0.2) is 0 Å². The lowest BCUT2D eigenvalue weighted by Crippen LogP contribution is -2.52. The van der Waals surface area contributed by atoms with Crippen molar-refractivity contribution in [2.24, 2.45) is 0 Å². The number of hydrogen-bond acceptors (Lipinski definition) is 0. The monoisotopic (exact) mass is 288 g/mol. The molecule has 0 aliphatic carbocycles. The fourth-order valence-corrected chi connectivity index (χ4v) is 3.92. The van der Waals surface area contributed by atoms with E-state index in [1.165, 1.54) is 33.3 Å². The highest BCUT2D eigenvalue weighted by molar-refractivity contribution is 5.81. The van der Waals surface area contributed by atoms with Crippen LogP contribution in [0.25, 0.3) is 22.2 Å². The molecule has 0 saturated heterocycles. The highest BCUT2D eigenvalue weighted by atomic mass is 15.0. The van der Waals surface area contributed by atoms with Crippen LogP contribution < -0.4 is 4.57 Å². The molecule has 0 saturated carbocycles. The van der Waals surface area contributed by atoms with Gasteiger partial charge in [0, 0.05) is 17.5 Å². The van der Waals surface area contributed by atoms with Crippen molar-refractivity contribution in [3.8, 4) is 11.3 Å². The van der Waals surface area contributed by atoms with Gasteiger partial charge in [0.2, 0.25) is 11.2 Å². The Morgan fingerprint density at radius 2 is 1.68 bits per heavy atom. The highest BCUT2D eigenvalue weighted by Crippen LogP contribution is 2.42. The molecule has 0 amide bonds. The van der Waals surface area contributed by atoms with Crippen LogP contribution in [-0.4, -0.2) is 0 Å². The van der Waals surface area contributed by atoms with Gasteiger partial charge in [0.1, 0.15) is 0 Å². The first kappa shape index (κ1) is 13.5. The maximum absolute atomic E-state index is 2.53. The molecule has 1 aromatic heterocycles. The predicted molar refractivity (Wildman–Crippen MR) is 92.1 cm³/mol. The van der Waals surface area contributed by atoms with Crippen molar-refractivity contribution in [1.82, 2.24) is 0 Å². The molecule has 2 aromatic carbocycles. The normalized spacial score (nSPS) is 18.8. The summed E-state index contributed by atoms with van der Waals surface area (Å²) in [5.41, 5.74) is 6.96. The van der Waals surface area contributed by atoms with E-state index in [9.17, 15) is 0 Å². The van der Waals surface area contributed by atoms with Gasteiger partial charge in [0.15, 0.2) is 6.04 Å². The Balaban J connectivity index is 2.17. The summed E-state index contributed by atoms with van der Waals surface area (Å²) in [5.74, 6) is 0. The summed E-state index contributed by atoms with van der Waals surface area (Å²) in [4.78, 5) is 0. The predicted octanol–water partition coefficient (Wildman–Crippen LogP) is 4.95. The summed E-state index contributed by atoms with van der Waals surface area (Å²) < 4.78 is 2.53. The van der Waals surface area contributed by atoms with Gasteiger partial charge in [0.25, 0.3) is 0 Å². The van der Waals surface area contributed by atoms with Crippen LogP contribution in [-0.2, 0) is 5.41 Å². The minimum atomic E-state index is 0.117. The topological polar surface area (TPSA) is 3.88 Å². The Labute approximate surface area is 132 Å². The molecule has 1 unspecified atom stereocenters. The first-order chi connectivity index (χ1) is 10.5. The molecule has 3 aromatic rings. The lowest BCUT2D eigenvalue weighted by atomic mass is 9.72. The number of fused-ring (bicyclic) bond motifs is 5. The summed E-state index contributed by atoms with van der Waals surface area (Å²) >= 11 is 0. The molecule has 1 heteroatoms. The van der Waals surface area contributed by atoms with Crippen LogP contribution in [0.15, 0.2) is 54.6 Å². The zero-order valence-corrected chi connectivity index (χ0v) is 13.7. The highest BCUT2D eigenvalue weighted by Gasteiger charge is 2.44. The quantitative estimate of drug-likeness (QED) is 0.515. The maximum atomic E-state index is 2.53. The SMILES string of the molecule is Cc1cccc2c1ccc1[n+]2C(C)C(C)(C)c2ccccc2-1. The maximum Gasteiger partial charge on any atom is 0.213 e. The summed E-state index contributed by atoms with van der Waals surface area (Å²) in [6, 6.07) is 20.5. The smallest absolute Gasteiger partial charge is 0.188 e. The Morgan fingerprint density at radius 1 is 0.909 bits per heavy atom. The molecule has 4 rings (SSSR count). The van der Waals surface area contributed by atoms with Crippen molar-refractivity contribution in [2.45, 2.75) is 39.2 Å². The van der Waals surface area contributed by atoms with Crippen molar-refractivity contribution in [3.63, 3.8) is 0 Å². The van der Waals surface area contributed by atoms with E-state index in [4.69, 9.17) is 0 Å². The number of rotatable bonds is 0. The lowest BCUT2D eigenvalue weighted by Gasteiger charge is -2.35. The second kappa shape index (κ2) is 4.42. The molecule has 0 bridgehead atoms. The molecular weight excluding hydrogens is 266 g/mol. The van der Waals surface area contributed by atoms with Crippen molar-refractivity contribution in [2.75, 3.05) is 0 Å². The van der Waals surface area contributed by atoms with Crippen LogP contribution in [0.5, 0.6) is 0 Å². The third-order valence-electron chi connectivity index (χ3n) is 5.56. The molecule has 110 valence electrons. The molecule has 22 heavy (non-hydrogen) atoms. The van der Waals surface area contributed by atoms with Gasteiger partial charge in [-0.3, -0.25) is 0 Å². The Bertz CT molecular complexity index is 890. The molecule has 0 spiro atoms. The van der Waals surface area contributed by atoms with E-state index in [-0.39, 0.29) is 5.41 Å². The summed E-state index contributed by atoms with van der Waals surface area (Å²) in [6.45, 7) is 9.27. The molecule has 1 nitrogen and oxygen atoms in total. The van der Waals surface area contributed by atoms with Gasteiger partial charge < -0.3 is 0 Å². The Hall–Kier alpha value is -2.15. The van der Waals surface area contributed by atoms with E-state index < -0.39 is 0 Å². The zero-order valence-electron chi connectivity index (χ0n) is 13.7. The van der Waals surface area contributed by atoms with Crippen LogP contribution >= 0.6 is 0 Å². The van der Waals surface area contributed by atoms with Gasteiger partial charge in [-0.1, -0.05) is 30.3 Å². The van der Waals surface area contributed by atoms with Crippen LogP contribution in [0.2, 0.25) is 0 Å². The molecule has 0 N–H and O–H groups in total. The van der Waals surface area contributed by atoms with E-state index in [0.29, 0.717) is 6.04 Å². The summed E-state index contributed by atoms with van der Waals surface area (Å²) in [7, 11) is 0. The molecule has 0 fully saturated rings. The van der Waals surface area contributed by atoms with Crippen molar-refractivity contribution in [3.05, 3.63) is 65.7 Å². The fraction of sp³-hybridized carbons (Fsp3) is 0.286. The van der Waals surface area contributed by atoms with Crippen LogP contribution in [0.1, 0.15) is 37.9 Å². The third kappa shape index (κ3) is 1.62. The lowest BCUT2D eigenvalue weighted by molar-refractivity contribution is -0.695. The number of benzene rings is 2. The van der Waals surface area contributed by atoms with Gasteiger partial charge in [-0.2, -0.15) is 4.57 Å². The number of pyridine rings is 1. The standard InChI is InChI=1S/C21H22N/c1-14-8-7-11-19-16(14)12-13-20-17-9-5-6-10-18(17)21(3,4)15(2)22(19)20/h5-13,15H,1-4H3/q+1. The van der Waals surface area contributed by atoms with Gasteiger partial charge in [0.05, 0.1) is 11.0 Å². The van der Waals surface area contributed by atoms with Gasteiger partial charge in [-0.15, -0.1) is 0 Å². The number of nitrogens with zero attached hydrogens (tertiary/aromatic N) is 1. The van der Waals surface area contributed by atoms with E-state index in [2.05, 4.69) is 86.9 Å². The van der Waals surface area contributed by atoms with E-state index >= 15 is 0 Å². The average Bonchev–Trinajstić information content (AvgIpc) is 2.52. The van der Waals surface area contributed by atoms with Gasteiger partial charge >= 0.3 is 0 Å². The second-order valence-electron chi connectivity index (χ2n) is 7.04. The second-order valence-corrected chi connectivity index (χ2v) is 7.04. The first-order valence-corrected chi connectivity index (χ1v) is 8.05. The minimum Gasteiger partial charge on any atom is -0.188 e. The Morgan fingerprint density at radius 3 is 2.50 bits per heavy atom. The van der Waals surface area contributed by atoms with Crippen LogP contribution in [0.4, 0.5) is 0 Å². The summed E-state index contributed by atoms with van der Waals surface area (Å²) in [6.07, 6.45) is 0. The van der Waals surface area contributed by atoms with Crippen LogP contribution in [0.3, 0.4) is 0 Å².